The van der Waals surface area contributed by atoms with E-state index in [1.165, 1.54) is 10.4 Å². The summed E-state index contributed by atoms with van der Waals surface area (Å²) in [6.45, 7) is 7.27. The quantitative estimate of drug-likeness (QED) is 0.476. The minimum Gasteiger partial charge on any atom is -0.407 e. The second-order valence-corrected chi connectivity index (χ2v) is 14.6. The largest absolute Gasteiger partial charge is 0.407 e. The summed E-state index contributed by atoms with van der Waals surface area (Å²) < 4.78 is 19.2. The standard InChI is InChI=1S/C27H36O5Si/c1-26(2,3)33(23-10-6-4-7-11-23,24-12-8-5-9-13-24)30-17-16-21-14-15-25-27(20-29,32-21)18-22(19-28)31-25/h4-13,19,21-22,25,29H,14-18,20H2,1-3H3. The van der Waals surface area contributed by atoms with Gasteiger partial charge in [0.05, 0.1) is 18.8 Å². The Morgan fingerprint density at radius 2 is 1.67 bits per heavy atom. The Labute approximate surface area is 198 Å². The number of fused-ring (bicyclic) bond motifs is 1. The minimum atomic E-state index is -2.58. The highest BCUT2D eigenvalue weighted by Gasteiger charge is 2.53. The maximum atomic E-state index is 11.3. The first-order valence-corrected chi connectivity index (χ1v) is 13.9. The van der Waals surface area contributed by atoms with Crippen molar-refractivity contribution in [2.75, 3.05) is 13.2 Å². The van der Waals surface area contributed by atoms with Crippen LogP contribution in [0.1, 0.15) is 46.5 Å². The second-order valence-electron chi connectivity index (χ2n) is 10.3. The lowest BCUT2D eigenvalue weighted by Crippen LogP contribution is -2.66. The molecule has 2 aliphatic rings. The summed E-state index contributed by atoms with van der Waals surface area (Å²) >= 11 is 0. The molecule has 2 heterocycles. The Hall–Kier alpha value is -1.83. The Morgan fingerprint density at radius 3 is 2.18 bits per heavy atom. The van der Waals surface area contributed by atoms with Crippen LogP contribution in [0.2, 0.25) is 5.04 Å². The van der Waals surface area contributed by atoms with Crippen molar-refractivity contribution in [3.8, 4) is 0 Å². The zero-order valence-electron chi connectivity index (χ0n) is 19.9. The van der Waals surface area contributed by atoms with Crippen LogP contribution in [-0.4, -0.2) is 56.8 Å². The van der Waals surface area contributed by atoms with Gasteiger partial charge in [0.15, 0.2) is 0 Å². The lowest BCUT2D eigenvalue weighted by Gasteiger charge is -2.44. The van der Waals surface area contributed by atoms with Gasteiger partial charge in [-0.1, -0.05) is 81.4 Å². The van der Waals surface area contributed by atoms with E-state index < -0.39 is 20.0 Å². The third-order valence-electron chi connectivity index (χ3n) is 7.22. The first kappa shape index (κ1) is 24.3. The van der Waals surface area contributed by atoms with Crippen molar-refractivity contribution < 1.29 is 23.8 Å². The van der Waals surface area contributed by atoms with Gasteiger partial charge in [0.2, 0.25) is 0 Å². The molecular formula is C27H36O5Si. The van der Waals surface area contributed by atoms with E-state index in [4.69, 9.17) is 13.9 Å². The molecule has 1 N–H and O–H groups in total. The molecule has 2 aliphatic heterocycles. The number of ether oxygens (including phenoxy) is 2. The van der Waals surface area contributed by atoms with Crippen LogP contribution in [0.4, 0.5) is 0 Å². The average molecular weight is 469 g/mol. The number of aldehydes is 1. The van der Waals surface area contributed by atoms with E-state index in [1.807, 2.05) is 12.1 Å². The maximum absolute atomic E-state index is 11.3. The van der Waals surface area contributed by atoms with Crippen LogP contribution in [-0.2, 0) is 18.7 Å². The van der Waals surface area contributed by atoms with Crippen LogP contribution in [0, 0.1) is 0 Å². The fourth-order valence-corrected chi connectivity index (χ4v) is 10.2. The van der Waals surface area contributed by atoms with Crippen LogP contribution >= 0.6 is 0 Å². The minimum absolute atomic E-state index is 0.0272. The number of aliphatic hydroxyl groups excluding tert-OH is 1. The van der Waals surface area contributed by atoms with Gasteiger partial charge in [-0.25, -0.2) is 0 Å². The lowest BCUT2D eigenvalue weighted by molar-refractivity contribution is -0.184. The zero-order chi connectivity index (χ0) is 23.5. The maximum Gasteiger partial charge on any atom is 0.261 e. The molecule has 4 rings (SSSR count). The molecule has 0 aromatic heterocycles. The summed E-state index contributed by atoms with van der Waals surface area (Å²) in [6, 6.07) is 21.3. The van der Waals surface area contributed by atoms with Gasteiger partial charge in [-0.2, -0.15) is 0 Å². The zero-order valence-corrected chi connectivity index (χ0v) is 20.9. The molecule has 5 nitrogen and oxygen atoms in total. The number of hydrogen-bond acceptors (Lipinski definition) is 5. The lowest BCUT2D eigenvalue weighted by atomic mass is 9.87. The predicted molar refractivity (Wildman–Crippen MR) is 131 cm³/mol. The molecule has 0 aliphatic carbocycles. The smallest absolute Gasteiger partial charge is 0.261 e. The number of rotatable bonds is 8. The van der Waals surface area contributed by atoms with E-state index in [0.717, 1.165) is 25.5 Å². The van der Waals surface area contributed by atoms with Gasteiger partial charge in [0.1, 0.15) is 18.0 Å². The Balaban J connectivity index is 1.54. The van der Waals surface area contributed by atoms with Crippen molar-refractivity contribution >= 4 is 25.0 Å². The van der Waals surface area contributed by atoms with Crippen molar-refractivity contribution in [3.05, 3.63) is 60.7 Å². The second kappa shape index (κ2) is 9.80. The van der Waals surface area contributed by atoms with Gasteiger partial charge in [-0.3, -0.25) is 0 Å². The van der Waals surface area contributed by atoms with Crippen molar-refractivity contribution in [2.45, 2.75) is 75.4 Å². The highest BCUT2D eigenvalue weighted by Crippen LogP contribution is 2.42. The highest BCUT2D eigenvalue weighted by molar-refractivity contribution is 6.99. The third-order valence-corrected chi connectivity index (χ3v) is 12.3. The van der Waals surface area contributed by atoms with E-state index in [0.29, 0.717) is 13.0 Å². The fraction of sp³-hybridized carbons (Fsp3) is 0.519. The Bertz CT molecular complexity index is 874. The molecule has 0 saturated carbocycles. The van der Waals surface area contributed by atoms with E-state index in [-0.39, 0.29) is 23.9 Å². The predicted octanol–water partition coefficient (Wildman–Crippen LogP) is 3.22. The van der Waals surface area contributed by atoms with Gasteiger partial charge in [-0.05, 0) is 34.7 Å². The topological polar surface area (TPSA) is 65.0 Å². The van der Waals surface area contributed by atoms with Crippen LogP contribution in [0.5, 0.6) is 0 Å². The molecule has 178 valence electrons. The van der Waals surface area contributed by atoms with Crippen molar-refractivity contribution in [3.63, 3.8) is 0 Å². The summed E-state index contributed by atoms with van der Waals surface area (Å²) in [7, 11) is -2.58. The molecule has 2 aromatic carbocycles. The molecular weight excluding hydrogens is 432 g/mol. The van der Waals surface area contributed by atoms with E-state index >= 15 is 0 Å². The molecule has 0 spiro atoms. The summed E-state index contributed by atoms with van der Waals surface area (Å²) in [5.41, 5.74) is -0.772. The van der Waals surface area contributed by atoms with Crippen LogP contribution < -0.4 is 10.4 Å². The van der Waals surface area contributed by atoms with Gasteiger partial charge in [-0.15, -0.1) is 0 Å². The Kier molecular flexibility index (Phi) is 7.22. The molecule has 6 heteroatoms. The van der Waals surface area contributed by atoms with Gasteiger partial charge in [0.25, 0.3) is 8.32 Å². The van der Waals surface area contributed by atoms with Gasteiger partial charge in [0, 0.05) is 13.0 Å². The molecule has 0 bridgehead atoms. The number of aliphatic hydroxyl groups is 1. The SMILES string of the molecule is CC(C)(C)[Si](OCCC1CCC2OC(C=O)CC2(CO)O1)(c1ccccc1)c1ccccc1. The first-order chi connectivity index (χ1) is 15.8. The summed E-state index contributed by atoms with van der Waals surface area (Å²) in [4.78, 5) is 11.3. The van der Waals surface area contributed by atoms with Gasteiger partial charge < -0.3 is 23.8 Å². The monoisotopic (exact) mass is 468 g/mol. The van der Waals surface area contributed by atoms with Crippen molar-refractivity contribution in [2.24, 2.45) is 0 Å². The molecule has 33 heavy (non-hydrogen) atoms. The van der Waals surface area contributed by atoms with E-state index in [1.54, 1.807) is 0 Å². The molecule has 4 unspecified atom stereocenters. The molecule has 2 fully saturated rings. The number of benzene rings is 2. The first-order valence-electron chi connectivity index (χ1n) is 12.0. The molecule has 4 atom stereocenters. The normalized spacial score (nSPS) is 27.8. The van der Waals surface area contributed by atoms with E-state index in [2.05, 4.69) is 69.3 Å². The van der Waals surface area contributed by atoms with Gasteiger partial charge >= 0.3 is 0 Å². The highest BCUT2D eigenvalue weighted by atomic mass is 28.4. The van der Waals surface area contributed by atoms with Crippen LogP contribution in [0.3, 0.4) is 0 Å². The molecule has 0 radical (unpaired) electrons. The summed E-state index contributed by atoms with van der Waals surface area (Å²) in [5.74, 6) is 0. The Morgan fingerprint density at radius 1 is 1.06 bits per heavy atom. The van der Waals surface area contributed by atoms with Crippen LogP contribution in [0.25, 0.3) is 0 Å². The number of hydrogen-bond donors (Lipinski definition) is 1. The average Bonchev–Trinajstić information content (AvgIpc) is 3.21. The number of carbonyl (C=O) groups excluding carboxylic acids is 1. The van der Waals surface area contributed by atoms with Crippen molar-refractivity contribution in [1.82, 2.24) is 0 Å². The fourth-order valence-electron chi connectivity index (χ4n) is 5.63. The molecule has 2 saturated heterocycles. The third kappa shape index (κ3) is 4.60. The summed E-state index contributed by atoms with van der Waals surface area (Å²) in [5, 5.41) is 12.5. The van der Waals surface area contributed by atoms with E-state index in [9.17, 15) is 9.90 Å². The molecule has 0 amide bonds. The van der Waals surface area contributed by atoms with Crippen molar-refractivity contribution in [1.29, 1.82) is 0 Å². The number of carbonyl (C=O) groups is 1. The molecule has 2 aromatic rings. The summed E-state index contributed by atoms with van der Waals surface area (Å²) in [6.07, 6.45) is 2.87. The van der Waals surface area contributed by atoms with Crippen LogP contribution in [0.15, 0.2) is 60.7 Å².